The van der Waals surface area contributed by atoms with E-state index in [2.05, 4.69) is 27.9 Å². The van der Waals surface area contributed by atoms with Crippen LogP contribution in [0.15, 0.2) is 90.1 Å². The lowest BCUT2D eigenvalue weighted by molar-refractivity contribution is -0.120. The van der Waals surface area contributed by atoms with E-state index >= 15 is 0 Å². The molecule has 4 aromatic rings. The monoisotopic (exact) mass is 554 g/mol. The Kier molecular flexibility index (Phi) is 7.06. The van der Waals surface area contributed by atoms with E-state index in [0.29, 0.717) is 13.0 Å². The molecule has 1 fully saturated rings. The molecule has 6 rings (SSSR count). The molecule has 0 radical (unpaired) electrons. The summed E-state index contributed by atoms with van der Waals surface area (Å²) < 4.78 is 31.5. The van der Waals surface area contributed by atoms with Crippen molar-refractivity contribution in [1.82, 2.24) is 14.3 Å². The van der Waals surface area contributed by atoms with Crippen molar-refractivity contribution in [3.05, 3.63) is 113 Å². The minimum Gasteiger partial charge on any atom is -0.337 e. The van der Waals surface area contributed by atoms with E-state index < -0.39 is 10.0 Å². The highest BCUT2D eigenvalue weighted by Crippen LogP contribution is 2.49. The van der Waals surface area contributed by atoms with E-state index in [-0.39, 0.29) is 28.7 Å². The van der Waals surface area contributed by atoms with Gasteiger partial charge in [-0.25, -0.2) is 18.1 Å². The molecule has 0 aliphatic heterocycles. The summed E-state index contributed by atoms with van der Waals surface area (Å²) >= 11 is 0. The zero-order valence-corrected chi connectivity index (χ0v) is 23.6. The summed E-state index contributed by atoms with van der Waals surface area (Å²) in [7, 11) is -1.78. The van der Waals surface area contributed by atoms with Crippen LogP contribution in [0.5, 0.6) is 0 Å². The van der Waals surface area contributed by atoms with Crippen LogP contribution < -0.4 is 9.62 Å². The number of hydrogen-bond donors (Lipinski definition) is 1. The first-order chi connectivity index (χ1) is 19.3. The van der Waals surface area contributed by atoms with Gasteiger partial charge in [0, 0.05) is 37.1 Å². The Labute approximate surface area is 235 Å². The predicted molar refractivity (Wildman–Crippen MR) is 155 cm³/mol. The van der Waals surface area contributed by atoms with Crippen LogP contribution in [0.3, 0.4) is 0 Å². The minimum atomic E-state index is -3.71. The van der Waals surface area contributed by atoms with Gasteiger partial charge in [0.05, 0.1) is 11.4 Å². The molecule has 1 N–H and O–H groups in total. The summed E-state index contributed by atoms with van der Waals surface area (Å²) in [6.07, 6.45) is 6.92. The van der Waals surface area contributed by atoms with Crippen LogP contribution >= 0.6 is 0 Å². The fourth-order valence-corrected chi connectivity index (χ4v) is 7.19. The molecule has 1 saturated carbocycles. The molecule has 40 heavy (non-hydrogen) atoms. The van der Waals surface area contributed by atoms with Gasteiger partial charge < -0.3 is 9.47 Å². The number of fused-ring (bicyclic) bond motifs is 1. The molecule has 3 atom stereocenters. The molecule has 0 spiro atoms. The maximum Gasteiger partial charge on any atom is 0.241 e. The zero-order valence-electron chi connectivity index (χ0n) is 22.8. The summed E-state index contributed by atoms with van der Waals surface area (Å²) in [4.78, 5) is 20.6. The molecule has 2 aliphatic carbocycles. The molecular weight excluding hydrogens is 520 g/mol. The standard InChI is InChI=1S/C32H34N4O3S/c1-22-8-6-12-26(18-22)40(38,39)34-30-13-7-11-24-14-15-25(19-28(24)30)36(21-31-33-16-17-35(31)2)32(37)29-20-27(29)23-9-4-3-5-10-23/h3-6,8-10,12,14-19,27,29-30,34H,7,11,13,20-21H2,1-2H3/t27-,29-,30+/m1/s1. The third kappa shape index (κ3) is 5.33. The number of nitrogens with zero attached hydrogens (tertiary/aromatic N) is 3. The predicted octanol–water partition coefficient (Wildman–Crippen LogP) is 5.42. The zero-order chi connectivity index (χ0) is 27.9. The average molecular weight is 555 g/mol. The Morgan fingerprint density at radius 1 is 1.07 bits per heavy atom. The average Bonchev–Trinajstić information content (AvgIpc) is 3.66. The third-order valence-electron chi connectivity index (χ3n) is 8.17. The number of nitrogens with one attached hydrogen (secondary N) is 1. The highest BCUT2D eigenvalue weighted by Gasteiger charge is 2.46. The van der Waals surface area contributed by atoms with Crippen molar-refractivity contribution in [1.29, 1.82) is 0 Å². The normalized spacial score (nSPS) is 20.1. The Morgan fingerprint density at radius 3 is 2.65 bits per heavy atom. The van der Waals surface area contributed by atoms with Crippen LogP contribution in [0.1, 0.15) is 59.3 Å². The molecule has 3 aromatic carbocycles. The van der Waals surface area contributed by atoms with Gasteiger partial charge >= 0.3 is 0 Å². The lowest BCUT2D eigenvalue weighted by atomic mass is 9.87. The van der Waals surface area contributed by atoms with E-state index in [1.54, 1.807) is 24.4 Å². The van der Waals surface area contributed by atoms with Crippen molar-refractivity contribution >= 4 is 21.6 Å². The number of hydrogen-bond acceptors (Lipinski definition) is 4. The fraction of sp³-hybridized carbons (Fsp3) is 0.312. The van der Waals surface area contributed by atoms with Crippen molar-refractivity contribution in [3.8, 4) is 0 Å². The number of carbonyl (C=O) groups is 1. The molecule has 1 heterocycles. The SMILES string of the molecule is Cc1cccc(S(=O)(=O)N[C@H]2CCCc3ccc(N(Cc4nccn4C)C(=O)[C@@H]4C[C@@H]4c4ccccc4)cc32)c1. The molecule has 1 amide bonds. The third-order valence-corrected chi connectivity index (χ3v) is 9.64. The first kappa shape index (κ1) is 26.5. The number of rotatable bonds is 8. The summed E-state index contributed by atoms with van der Waals surface area (Å²) in [5.74, 6) is 0.989. The van der Waals surface area contributed by atoms with E-state index in [1.807, 2.05) is 66.0 Å². The van der Waals surface area contributed by atoms with Gasteiger partial charge in [-0.2, -0.15) is 0 Å². The van der Waals surface area contributed by atoms with Gasteiger partial charge in [0.15, 0.2) is 0 Å². The van der Waals surface area contributed by atoms with Crippen LogP contribution in [-0.2, 0) is 34.8 Å². The lowest BCUT2D eigenvalue weighted by Gasteiger charge is -2.29. The van der Waals surface area contributed by atoms with Gasteiger partial charge in [-0.3, -0.25) is 4.79 Å². The van der Waals surface area contributed by atoms with Crippen LogP contribution in [0, 0.1) is 12.8 Å². The highest BCUT2D eigenvalue weighted by molar-refractivity contribution is 7.89. The second-order valence-electron chi connectivity index (χ2n) is 11.0. The molecule has 8 heteroatoms. The first-order valence-electron chi connectivity index (χ1n) is 13.8. The number of carbonyl (C=O) groups excluding carboxylic acids is 1. The molecule has 206 valence electrons. The summed E-state index contributed by atoms with van der Waals surface area (Å²) in [5, 5.41) is 0. The molecule has 0 saturated heterocycles. The maximum absolute atomic E-state index is 14.0. The molecule has 0 unspecified atom stereocenters. The van der Waals surface area contributed by atoms with Crippen LogP contribution in [0.2, 0.25) is 0 Å². The largest absolute Gasteiger partial charge is 0.337 e. The number of anilines is 1. The highest BCUT2D eigenvalue weighted by atomic mass is 32.2. The summed E-state index contributed by atoms with van der Waals surface area (Å²) in [6.45, 7) is 2.23. The van der Waals surface area contributed by atoms with Gasteiger partial charge in [-0.1, -0.05) is 48.5 Å². The van der Waals surface area contributed by atoms with Crippen LogP contribution in [0.25, 0.3) is 0 Å². The Balaban J connectivity index is 1.32. The van der Waals surface area contributed by atoms with Crippen molar-refractivity contribution < 1.29 is 13.2 Å². The summed E-state index contributed by atoms with van der Waals surface area (Å²) in [6, 6.07) is 22.9. The molecule has 7 nitrogen and oxygen atoms in total. The van der Waals surface area contributed by atoms with Gasteiger partial charge in [0.1, 0.15) is 5.82 Å². The molecule has 2 aliphatic rings. The molecule has 0 bridgehead atoms. The lowest BCUT2D eigenvalue weighted by Crippen LogP contribution is -2.34. The van der Waals surface area contributed by atoms with E-state index in [0.717, 1.165) is 47.5 Å². The van der Waals surface area contributed by atoms with Crippen molar-refractivity contribution in [2.75, 3.05) is 4.90 Å². The second-order valence-corrected chi connectivity index (χ2v) is 12.7. The van der Waals surface area contributed by atoms with Crippen LogP contribution in [-0.4, -0.2) is 23.9 Å². The number of imidazole rings is 1. The number of aryl methyl sites for hydroxylation is 3. The Morgan fingerprint density at radius 2 is 1.90 bits per heavy atom. The Hall–Kier alpha value is -3.75. The van der Waals surface area contributed by atoms with E-state index in [9.17, 15) is 13.2 Å². The summed E-state index contributed by atoms with van der Waals surface area (Å²) in [5.41, 5.74) is 4.91. The number of benzene rings is 3. The van der Waals surface area contributed by atoms with Crippen molar-refractivity contribution in [2.45, 2.75) is 56.0 Å². The van der Waals surface area contributed by atoms with Gasteiger partial charge in [-0.05, 0) is 85.0 Å². The minimum absolute atomic E-state index is 0.0736. The smallest absolute Gasteiger partial charge is 0.241 e. The quantitative estimate of drug-likeness (QED) is 0.315. The van der Waals surface area contributed by atoms with Gasteiger partial charge in [0.25, 0.3) is 0 Å². The number of aromatic nitrogens is 2. The number of sulfonamides is 1. The number of amides is 1. The maximum atomic E-state index is 14.0. The van der Waals surface area contributed by atoms with Gasteiger partial charge in [-0.15, -0.1) is 0 Å². The van der Waals surface area contributed by atoms with Crippen molar-refractivity contribution in [2.24, 2.45) is 13.0 Å². The van der Waals surface area contributed by atoms with Gasteiger partial charge in [0.2, 0.25) is 15.9 Å². The van der Waals surface area contributed by atoms with E-state index in [4.69, 9.17) is 0 Å². The molecular formula is C32H34N4O3S. The first-order valence-corrected chi connectivity index (χ1v) is 15.3. The van der Waals surface area contributed by atoms with Crippen molar-refractivity contribution in [3.63, 3.8) is 0 Å². The topological polar surface area (TPSA) is 84.3 Å². The Bertz CT molecular complexity index is 1650. The van der Waals surface area contributed by atoms with Crippen LogP contribution in [0.4, 0.5) is 5.69 Å². The van der Waals surface area contributed by atoms with E-state index in [1.165, 1.54) is 5.56 Å². The molecule has 1 aromatic heterocycles. The fourth-order valence-electron chi connectivity index (χ4n) is 5.84. The second kappa shape index (κ2) is 10.7.